The zero-order chi connectivity index (χ0) is 17.8. The molecule has 1 heterocycles. The molecule has 2 aromatic carbocycles. The summed E-state index contributed by atoms with van der Waals surface area (Å²) >= 11 is 1.81. The molecular formula is C20H24N2O2S. The molecule has 0 aromatic heterocycles. The van der Waals surface area contributed by atoms with Crippen molar-refractivity contribution < 1.29 is 9.53 Å². The van der Waals surface area contributed by atoms with Crippen LogP contribution in [0.2, 0.25) is 0 Å². The van der Waals surface area contributed by atoms with Gasteiger partial charge in [0.05, 0.1) is 12.3 Å². The Hall–Kier alpha value is -2.14. The minimum absolute atomic E-state index is 0.0554. The van der Waals surface area contributed by atoms with Gasteiger partial charge in [-0.1, -0.05) is 35.9 Å². The molecule has 0 radical (unpaired) electrons. The normalized spacial score (nSPS) is 16.8. The number of benzene rings is 2. The van der Waals surface area contributed by atoms with E-state index in [0.717, 1.165) is 12.3 Å². The third kappa shape index (κ3) is 3.93. The topological polar surface area (TPSA) is 41.6 Å². The number of urea groups is 1. The van der Waals surface area contributed by atoms with Gasteiger partial charge in [-0.2, -0.15) is 0 Å². The summed E-state index contributed by atoms with van der Waals surface area (Å²) in [5, 5.41) is 3.07. The second kappa shape index (κ2) is 7.83. The smallest absolute Gasteiger partial charge is 0.323 e. The largest absolute Gasteiger partial charge is 0.492 e. The number of anilines is 1. The highest BCUT2D eigenvalue weighted by molar-refractivity contribution is 7.99. The number of thioether (sulfide) groups is 1. The Morgan fingerprint density at radius 3 is 2.84 bits per heavy atom. The molecule has 1 fully saturated rings. The Bertz CT molecular complexity index is 763. The number of hydrogen-bond donors (Lipinski definition) is 1. The Morgan fingerprint density at radius 2 is 2.08 bits per heavy atom. The number of carbonyl (C=O) groups is 1. The first kappa shape index (κ1) is 17.7. The van der Waals surface area contributed by atoms with Crippen LogP contribution in [-0.2, 0) is 0 Å². The summed E-state index contributed by atoms with van der Waals surface area (Å²) in [5.74, 6) is 1.65. The van der Waals surface area contributed by atoms with Crippen LogP contribution in [-0.4, -0.2) is 29.8 Å². The fourth-order valence-electron chi connectivity index (χ4n) is 3.08. The summed E-state index contributed by atoms with van der Waals surface area (Å²) in [4.78, 5) is 14.8. The Balaban J connectivity index is 1.79. The van der Waals surface area contributed by atoms with Crippen LogP contribution in [0.15, 0.2) is 42.5 Å². The molecule has 0 saturated carbocycles. The van der Waals surface area contributed by atoms with Gasteiger partial charge in [0.25, 0.3) is 0 Å². The van der Waals surface area contributed by atoms with Crippen molar-refractivity contribution in [2.45, 2.75) is 26.1 Å². The number of hydrogen-bond acceptors (Lipinski definition) is 3. The third-order valence-electron chi connectivity index (χ3n) is 4.27. The molecule has 5 heteroatoms. The van der Waals surface area contributed by atoms with Crippen LogP contribution in [0.4, 0.5) is 10.5 Å². The fourth-order valence-corrected chi connectivity index (χ4v) is 4.43. The highest BCUT2D eigenvalue weighted by Crippen LogP contribution is 2.40. The van der Waals surface area contributed by atoms with Crippen molar-refractivity contribution in [2.75, 3.05) is 24.2 Å². The number of carbonyl (C=O) groups excluding carboxylic acids is 1. The van der Waals surface area contributed by atoms with Gasteiger partial charge in [-0.15, -0.1) is 11.8 Å². The monoisotopic (exact) mass is 356 g/mol. The molecule has 1 atom stereocenters. The molecule has 1 N–H and O–H groups in total. The van der Waals surface area contributed by atoms with E-state index in [-0.39, 0.29) is 11.4 Å². The van der Waals surface area contributed by atoms with Crippen LogP contribution < -0.4 is 10.1 Å². The van der Waals surface area contributed by atoms with E-state index in [0.29, 0.717) is 18.0 Å². The molecule has 0 bridgehead atoms. The zero-order valence-corrected chi connectivity index (χ0v) is 15.7. The van der Waals surface area contributed by atoms with Gasteiger partial charge >= 0.3 is 6.03 Å². The van der Waals surface area contributed by atoms with Gasteiger partial charge in [0.2, 0.25) is 0 Å². The van der Waals surface area contributed by atoms with Gasteiger partial charge in [0, 0.05) is 12.3 Å². The summed E-state index contributed by atoms with van der Waals surface area (Å²) in [5.41, 5.74) is 4.39. The zero-order valence-electron chi connectivity index (χ0n) is 14.9. The summed E-state index contributed by atoms with van der Waals surface area (Å²) < 4.78 is 5.61. The first-order valence-electron chi connectivity index (χ1n) is 8.58. The van der Waals surface area contributed by atoms with E-state index in [1.807, 2.05) is 47.9 Å². The lowest BCUT2D eigenvalue weighted by Gasteiger charge is -2.26. The molecule has 0 unspecified atom stereocenters. The fraction of sp³-hybridized carbons (Fsp3) is 0.350. The van der Waals surface area contributed by atoms with Crippen molar-refractivity contribution >= 4 is 23.5 Å². The average molecular weight is 356 g/mol. The minimum Gasteiger partial charge on any atom is -0.492 e. The summed E-state index contributed by atoms with van der Waals surface area (Å²) in [7, 11) is 0. The second-order valence-electron chi connectivity index (χ2n) is 6.14. The van der Waals surface area contributed by atoms with Gasteiger partial charge in [0.15, 0.2) is 0 Å². The molecule has 132 valence electrons. The SMILES string of the molecule is CCOc1ccccc1NC(=O)N1CCS[C@H]1c1ccc(C)cc1C. The predicted molar refractivity (Wildman–Crippen MR) is 104 cm³/mol. The predicted octanol–water partition coefficient (Wildman–Crippen LogP) is 4.98. The molecule has 1 saturated heterocycles. The Labute approximate surface area is 153 Å². The van der Waals surface area contributed by atoms with E-state index in [1.54, 1.807) is 0 Å². The molecule has 0 aliphatic carbocycles. The van der Waals surface area contributed by atoms with Crippen molar-refractivity contribution in [3.63, 3.8) is 0 Å². The summed E-state index contributed by atoms with van der Waals surface area (Å²) in [6.07, 6.45) is 0. The number of amides is 2. The van der Waals surface area contributed by atoms with Crippen molar-refractivity contribution in [1.29, 1.82) is 0 Å². The standard InChI is InChI=1S/C20H24N2O2S/c1-4-24-18-8-6-5-7-17(18)21-20(23)22-11-12-25-19(22)16-10-9-14(2)13-15(16)3/h5-10,13,19H,4,11-12H2,1-3H3,(H,21,23)/t19-/m0/s1. The van der Waals surface area contributed by atoms with Crippen LogP contribution in [0, 0.1) is 13.8 Å². The molecule has 0 spiro atoms. The summed E-state index contributed by atoms with van der Waals surface area (Å²) in [6.45, 7) is 7.45. The van der Waals surface area contributed by atoms with Crippen LogP contribution in [0.3, 0.4) is 0 Å². The van der Waals surface area contributed by atoms with Crippen LogP contribution in [0.25, 0.3) is 0 Å². The van der Waals surface area contributed by atoms with E-state index >= 15 is 0 Å². The van der Waals surface area contributed by atoms with Crippen LogP contribution in [0.5, 0.6) is 5.75 Å². The van der Waals surface area contributed by atoms with E-state index < -0.39 is 0 Å². The molecule has 1 aliphatic rings. The lowest BCUT2D eigenvalue weighted by molar-refractivity contribution is 0.214. The quantitative estimate of drug-likeness (QED) is 0.840. The molecule has 2 amide bonds. The third-order valence-corrected chi connectivity index (χ3v) is 5.51. The first-order chi connectivity index (χ1) is 12.1. The van der Waals surface area contributed by atoms with Crippen molar-refractivity contribution in [1.82, 2.24) is 4.90 Å². The first-order valence-corrected chi connectivity index (χ1v) is 9.63. The highest BCUT2D eigenvalue weighted by atomic mass is 32.2. The maximum absolute atomic E-state index is 12.9. The van der Waals surface area contributed by atoms with Gasteiger partial charge in [-0.05, 0) is 44.0 Å². The van der Waals surface area contributed by atoms with E-state index in [4.69, 9.17) is 4.74 Å². The average Bonchev–Trinajstić information content (AvgIpc) is 3.06. The number of nitrogens with one attached hydrogen (secondary N) is 1. The molecule has 1 aliphatic heterocycles. The number of rotatable bonds is 4. The number of aryl methyl sites for hydroxylation is 2. The number of ether oxygens (including phenoxy) is 1. The van der Waals surface area contributed by atoms with Crippen molar-refractivity contribution in [2.24, 2.45) is 0 Å². The Morgan fingerprint density at radius 1 is 1.28 bits per heavy atom. The summed E-state index contributed by atoms with van der Waals surface area (Å²) in [6, 6.07) is 13.9. The lowest BCUT2D eigenvalue weighted by atomic mass is 10.1. The van der Waals surface area contributed by atoms with Crippen molar-refractivity contribution in [3.8, 4) is 5.75 Å². The highest BCUT2D eigenvalue weighted by Gasteiger charge is 2.31. The maximum Gasteiger partial charge on any atom is 0.323 e. The lowest BCUT2D eigenvalue weighted by Crippen LogP contribution is -2.34. The van der Waals surface area contributed by atoms with Crippen molar-refractivity contribution in [3.05, 3.63) is 59.2 Å². The van der Waals surface area contributed by atoms with Crippen LogP contribution in [0.1, 0.15) is 29.0 Å². The molecule has 2 aromatic rings. The number of para-hydroxylation sites is 2. The van der Waals surface area contributed by atoms with E-state index in [2.05, 4.69) is 37.4 Å². The van der Waals surface area contributed by atoms with E-state index in [9.17, 15) is 4.79 Å². The molecule has 25 heavy (non-hydrogen) atoms. The van der Waals surface area contributed by atoms with Crippen LogP contribution >= 0.6 is 11.8 Å². The molecular weight excluding hydrogens is 332 g/mol. The van der Waals surface area contributed by atoms with E-state index in [1.165, 1.54) is 16.7 Å². The minimum atomic E-state index is -0.0814. The number of nitrogens with zero attached hydrogens (tertiary/aromatic N) is 1. The maximum atomic E-state index is 12.9. The van der Waals surface area contributed by atoms with Gasteiger partial charge in [-0.25, -0.2) is 4.79 Å². The Kier molecular flexibility index (Phi) is 5.53. The molecule has 4 nitrogen and oxygen atoms in total. The van der Waals surface area contributed by atoms with Gasteiger partial charge < -0.3 is 15.0 Å². The molecule has 3 rings (SSSR count). The van der Waals surface area contributed by atoms with Gasteiger partial charge in [0.1, 0.15) is 11.1 Å². The second-order valence-corrected chi connectivity index (χ2v) is 7.32. The van der Waals surface area contributed by atoms with Gasteiger partial charge in [-0.3, -0.25) is 0 Å².